The van der Waals surface area contributed by atoms with Crippen molar-refractivity contribution in [3.8, 4) is 0 Å². The number of benzene rings is 2. The fourth-order valence-corrected chi connectivity index (χ4v) is 5.30. The van der Waals surface area contributed by atoms with Crippen LogP contribution in [0.5, 0.6) is 0 Å². The molecular weight excluding hydrogens is 398 g/mol. The largest absolute Gasteiger partial charge is 0.468 e. The second kappa shape index (κ2) is 9.75. The van der Waals surface area contributed by atoms with Crippen LogP contribution in [-0.4, -0.2) is 21.5 Å². The van der Waals surface area contributed by atoms with Crippen LogP contribution >= 0.6 is 0 Å². The van der Waals surface area contributed by atoms with Crippen LogP contribution in [0.15, 0.2) is 47.4 Å². The number of rotatable bonds is 8. The highest BCUT2D eigenvalue weighted by molar-refractivity contribution is 7.89. The smallest absolute Gasteiger partial charge is 0.328 e. The standard InChI is InChI=1S/C24H33NO4S/c1-15(2)19-13-20(16(3)4)23(21(14-19)17(5)6)30(27,28)25-22(24(26)29-7)18-11-9-8-10-12-18/h8-17,22,25H,1-7H3/t22-/m0/s1. The molecule has 2 aromatic rings. The highest BCUT2D eigenvalue weighted by Crippen LogP contribution is 2.35. The maximum absolute atomic E-state index is 13.6. The Morgan fingerprint density at radius 2 is 1.33 bits per heavy atom. The summed E-state index contributed by atoms with van der Waals surface area (Å²) in [6, 6.07) is 11.6. The third kappa shape index (κ3) is 5.29. The van der Waals surface area contributed by atoms with Crippen molar-refractivity contribution in [3.05, 3.63) is 64.7 Å². The van der Waals surface area contributed by atoms with Crippen molar-refractivity contribution in [2.45, 2.75) is 70.2 Å². The van der Waals surface area contributed by atoms with Crippen molar-refractivity contribution >= 4 is 16.0 Å². The average Bonchev–Trinajstić information content (AvgIpc) is 2.70. The maximum Gasteiger partial charge on any atom is 0.328 e. The van der Waals surface area contributed by atoms with Crippen LogP contribution in [0.4, 0.5) is 0 Å². The van der Waals surface area contributed by atoms with E-state index in [2.05, 4.69) is 18.6 Å². The molecule has 0 aliphatic rings. The molecular formula is C24H33NO4S. The minimum atomic E-state index is -4.01. The van der Waals surface area contributed by atoms with E-state index in [1.54, 1.807) is 24.3 Å². The lowest BCUT2D eigenvalue weighted by molar-refractivity contribution is -0.142. The highest BCUT2D eigenvalue weighted by atomic mass is 32.2. The van der Waals surface area contributed by atoms with E-state index in [0.717, 1.165) is 16.7 Å². The predicted octanol–water partition coefficient (Wildman–Crippen LogP) is 5.25. The van der Waals surface area contributed by atoms with Crippen molar-refractivity contribution in [1.29, 1.82) is 0 Å². The third-order valence-electron chi connectivity index (χ3n) is 5.19. The first-order valence-electron chi connectivity index (χ1n) is 10.3. The molecule has 0 aromatic heterocycles. The summed E-state index contributed by atoms with van der Waals surface area (Å²) in [7, 11) is -2.75. The van der Waals surface area contributed by atoms with Gasteiger partial charge in [0.05, 0.1) is 12.0 Å². The lowest BCUT2D eigenvalue weighted by Crippen LogP contribution is -2.35. The van der Waals surface area contributed by atoms with Gasteiger partial charge in [-0.15, -0.1) is 0 Å². The van der Waals surface area contributed by atoms with Crippen molar-refractivity contribution in [3.63, 3.8) is 0 Å². The molecule has 0 aliphatic carbocycles. The van der Waals surface area contributed by atoms with Crippen LogP contribution in [0.3, 0.4) is 0 Å². The first kappa shape index (κ1) is 24.1. The summed E-state index contributed by atoms with van der Waals surface area (Å²) in [6.07, 6.45) is 0. The molecule has 0 fully saturated rings. The number of methoxy groups -OCH3 is 1. The van der Waals surface area contributed by atoms with Crippen LogP contribution in [-0.2, 0) is 19.6 Å². The fraction of sp³-hybridized carbons (Fsp3) is 0.458. The van der Waals surface area contributed by atoms with Crippen molar-refractivity contribution in [2.24, 2.45) is 0 Å². The predicted molar refractivity (Wildman–Crippen MR) is 120 cm³/mol. The molecule has 0 heterocycles. The van der Waals surface area contributed by atoms with Crippen LogP contribution in [0.1, 0.15) is 87.6 Å². The molecule has 5 nitrogen and oxygen atoms in total. The van der Waals surface area contributed by atoms with Gasteiger partial charge in [-0.1, -0.05) is 84.0 Å². The molecule has 0 saturated carbocycles. The first-order chi connectivity index (χ1) is 14.0. The van der Waals surface area contributed by atoms with Gasteiger partial charge in [-0.2, -0.15) is 4.72 Å². The van der Waals surface area contributed by atoms with Gasteiger partial charge >= 0.3 is 5.97 Å². The van der Waals surface area contributed by atoms with Crippen LogP contribution in [0, 0.1) is 0 Å². The Morgan fingerprint density at radius 3 is 1.73 bits per heavy atom. The summed E-state index contributed by atoms with van der Waals surface area (Å²) in [4.78, 5) is 12.7. The lowest BCUT2D eigenvalue weighted by Gasteiger charge is -2.24. The van der Waals surface area contributed by atoms with Gasteiger partial charge in [-0.05, 0) is 40.0 Å². The molecule has 0 saturated heterocycles. The molecule has 30 heavy (non-hydrogen) atoms. The Bertz CT molecular complexity index is 951. The van der Waals surface area contributed by atoms with Crippen molar-refractivity contribution < 1.29 is 17.9 Å². The van der Waals surface area contributed by atoms with Gasteiger partial charge in [0.15, 0.2) is 0 Å². The van der Waals surface area contributed by atoms with Gasteiger partial charge in [0.25, 0.3) is 0 Å². The highest BCUT2D eigenvalue weighted by Gasteiger charge is 2.32. The van der Waals surface area contributed by atoms with Crippen LogP contribution in [0.25, 0.3) is 0 Å². The van der Waals surface area contributed by atoms with Gasteiger partial charge in [0, 0.05) is 0 Å². The second-order valence-corrected chi connectivity index (χ2v) is 10.1. The number of hydrogen-bond donors (Lipinski definition) is 1. The van der Waals surface area contributed by atoms with Crippen LogP contribution < -0.4 is 4.72 Å². The Balaban J connectivity index is 2.69. The van der Waals surface area contributed by atoms with Gasteiger partial charge in [-0.25, -0.2) is 13.2 Å². The molecule has 2 aromatic carbocycles. The van der Waals surface area contributed by atoms with Gasteiger partial charge in [0.1, 0.15) is 6.04 Å². The summed E-state index contributed by atoms with van der Waals surface area (Å²) >= 11 is 0. The van der Waals surface area contributed by atoms with E-state index in [1.165, 1.54) is 7.11 Å². The molecule has 0 aliphatic heterocycles. The molecule has 1 N–H and O–H groups in total. The SMILES string of the molecule is COC(=O)[C@@H](NS(=O)(=O)c1c(C(C)C)cc(C(C)C)cc1C(C)C)c1ccccc1. The minimum Gasteiger partial charge on any atom is -0.468 e. The summed E-state index contributed by atoms with van der Waals surface area (Å²) in [5, 5.41) is 0. The molecule has 2 rings (SSSR count). The number of nitrogens with one attached hydrogen (secondary N) is 1. The monoisotopic (exact) mass is 431 g/mol. The van der Waals surface area contributed by atoms with Crippen LogP contribution in [0.2, 0.25) is 0 Å². The van der Waals surface area contributed by atoms with Gasteiger partial charge in [0.2, 0.25) is 10.0 Å². The zero-order valence-corrected chi connectivity index (χ0v) is 19.7. The van der Waals surface area contributed by atoms with E-state index in [0.29, 0.717) is 5.56 Å². The number of hydrogen-bond acceptors (Lipinski definition) is 4. The zero-order chi connectivity index (χ0) is 22.6. The number of sulfonamides is 1. The first-order valence-corrected chi connectivity index (χ1v) is 11.8. The molecule has 164 valence electrons. The number of carbonyl (C=O) groups excluding carboxylic acids is 1. The molecule has 0 spiro atoms. The number of esters is 1. The Morgan fingerprint density at radius 1 is 0.833 bits per heavy atom. The van der Waals surface area contributed by atoms with Gasteiger partial charge in [-0.3, -0.25) is 0 Å². The van der Waals surface area contributed by atoms with E-state index >= 15 is 0 Å². The Hall–Kier alpha value is -2.18. The Kier molecular flexibility index (Phi) is 7.83. The minimum absolute atomic E-state index is 0.000997. The summed E-state index contributed by atoms with van der Waals surface area (Å²) in [5.41, 5.74) is 3.15. The third-order valence-corrected chi connectivity index (χ3v) is 6.75. The molecule has 6 heteroatoms. The molecule has 1 atom stereocenters. The molecule has 0 amide bonds. The van der Waals surface area contributed by atoms with E-state index in [4.69, 9.17) is 4.74 Å². The van der Waals surface area contributed by atoms with E-state index in [9.17, 15) is 13.2 Å². The Labute approximate surface area is 180 Å². The average molecular weight is 432 g/mol. The van der Waals surface area contributed by atoms with Gasteiger partial charge < -0.3 is 4.74 Å². The zero-order valence-electron chi connectivity index (χ0n) is 18.9. The van der Waals surface area contributed by atoms with Crippen molar-refractivity contribution in [1.82, 2.24) is 4.72 Å². The lowest BCUT2D eigenvalue weighted by atomic mass is 9.89. The normalized spacial score (nSPS) is 13.1. The summed E-state index contributed by atoms with van der Waals surface area (Å²) in [5.74, 6) is -0.375. The maximum atomic E-state index is 13.6. The summed E-state index contributed by atoms with van der Waals surface area (Å²) in [6.45, 7) is 12.1. The number of carbonyl (C=O) groups is 1. The quantitative estimate of drug-likeness (QED) is 0.580. The second-order valence-electron chi connectivity index (χ2n) is 8.48. The molecule has 0 bridgehead atoms. The molecule has 0 unspecified atom stereocenters. The van der Waals surface area contributed by atoms with E-state index in [1.807, 2.05) is 45.9 Å². The van der Waals surface area contributed by atoms with E-state index in [-0.39, 0.29) is 22.6 Å². The fourth-order valence-electron chi connectivity index (χ4n) is 3.43. The number of ether oxygens (including phenoxy) is 1. The van der Waals surface area contributed by atoms with Crippen molar-refractivity contribution in [2.75, 3.05) is 7.11 Å². The topological polar surface area (TPSA) is 72.5 Å². The summed E-state index contributed by atoms with van der Waals surface area (Å²) < 4.78 is 34.8. The molecule has 0 radical (unpaired) electrons. The van der Waals surface area contributed by atoms with E-state index < -0.39 is 22.0 Å².